The Morgan fingerprint density at radius 1 is 1.20 bits per heavy atom. The minimum Gasteiger partial charge on any atom is -0.463 e. The van der Waals surface area contributed by atoms with Crippen LogP contribution in [0.4, 0.5) is 4.39 Å². The van der Waals surface area contributed by atoms with Gasteiger partial charge in [-0.2, -0.15) is 0 Å². The largest absolute Gasteiger partial charge is 0.463 e. The van der Waals surface area contributed by atoms with Crippen molar-refractivity contribution in [1.82, 2.24) is 0 Å². The summed E-state index contributed by atoms with van der Waals surface area (Å²) in [5.41, 5.74) is -1.62. The Bertz CT molecular complexity index is 353. The quantitative estimate of drug-likeness (QED) is 0.704. The molecule has 0 amide bonds. The molecule has 4 aliphatic rings. The summed E-state index contributed by atoms with van der Waals surface area (Å²) in [6, 6.07) is 0. The summed E-state index contributed by atoms with van der Waals surface area (Å²) in [5.74, 6) is 1.88. The van der Waals surface area contributed by atoms with Crippen molar-refractivity contribution in [3.63, 3.8) is 0 Å². The Labute approximate surface area is 121 Å². The molecule has 3 heteroatoms. The average Bonchev–Trinajstić information content (AvgIpc) is 2.34. The molecule has 0 aromatic heterocycles. The summed E-state index contributed by atoms with van der Waals surface area (Å²) in [4.78, 5) is 12.0. The van der Waals surface area contributed by atoms with E-state index in [1.165, 1.54) is 45.4 Å². The van der Waals surface area contributed by atoms with Gasteiger partial charge in [-0.3, -0.25) is 0 Å². The number of ether oxygens (including phenoxy) is 1. The minimum absolute atomic E-state index is 0.187. The number of carbonyl (C=O) groups excluding carboxylic acids is 1. The lowest BCUT2D eigenvalue weighted by molar-refractivity contribution is -0.168. The summed E-state index contributed by atoms with van der Waals surface area (Å²) in [6.07, 6.45) is 8.65. The molecule has 1 unspecified atom stereocenters. The number of hydrogen-bond donors (Lipinski definition) is 0. The van der Waals surface area contributed by atoms with Crippen LogP contribution in [0.2, 0.25) is 0 Å². The second kappa shape index (κ2) is 4.99. The first-order valence-electron chi connectivity index (χ1n) is 8.29. The van der Waals surface area contributed by atoms with E-state index < -0.39 is 11.6 Å². The van der Waals surface area contributed by atoms with Gasteiger partial charge in [0.2, 0.25) is 5.67 Å². The highest BCUT2D eigenvalue weighted by Crippen LogP contribution is 2.60. The molecule has 4 rings (SSSR count). The third-order valence-corrected chi connectivity index (χ3v) is 5.82. The number of rotatable bonds is 5. The fourth-order valence-electron chi connectivity index (χ4n) is 5.41. The Morgan fingerprint density at radius 2 is 1.70 bits per heavy atom. The van der Waals surface area contributed by atoms with Crippen LogP contribution in [0.15, 0.2) is 0 Å². The molecule has 114 valence electrons. The second-order valence-corrected chi connectivity index (χ2v) is 7.94. The summed E-state index contributed by atoms with van der Waals surface area (Å²) >= 11 is 0. The zero-order valence-corrected chi connectivity index (χ0v) is 12.8. The molecule has 1 atom stereocenters. The van der Waals surface area contributed by atoms with Crippen LogP contribution < -0.4 is 0 Å². The van der Waals surface area contributed by atoms with Crippen molar-refractivity contribution in [2.24, 2.45) is 23.2 Å². The average molecular weight is 282 g/mol. The molecule has 4 bridgehead atoms. The van der Waals surface area contributed by atoms with Crippen molar-refractivity contribution in [2.45, 2.75) is 70.9 Å². The smallest absolute Gasteiger partial charge is 0.343 e. The molecular formula is C17H27FO2. The van der Waals surface area contributed by atoms with Gasteiger partial charge in [-0.25, -0.2) is 9.18 Å². The summed E-state index contributed by atoms with van der Waals surface area (Å²) in [7, 11) is 0. The lowest BCUT2D eigenvalue weighted by atomic mass is 9.50. The second-order valence-electron chi connectivity index (χ2n) is 7.94. The first kappa shape index (κ1) is 14.3. The highest BCUT2D eigenvalue weighted by molar-refractivity contribution is 5.78. The molecule has 2 nitrogen and oxygen atoms in total. The minimum atomic E-state index is -1.81. The molecule has 20 heavy (non-hydrogen) atoms. The number of halogens is 1. The van der Waals surface area contributed by atoms with Crippen LogP contribution in [0.1, 0.15) is 65.2 Å². The fraction of sp³-hybridized carbons (Fsp3) is 0.941. The monoisotopic (exact) mass is 282 g/mol. The zero-order chi connectivity index (χ0) is 14.4. The van der Waals surface area contributed by atoms with Crippen molar-refractivity contribution in [3.8, 4) is 0 Å². The van der Waals surface area contributed by atoms with Crippen LogP contribution >= 0.6 is 0 Å². The van der Waals surface area contributed by atoms with Crippen molar-refractivity contribution in [2.75, 3.05) is 6.61 Å². The van der Waals surface area contributed by atoms with Crippen LogP contribution in [-0.4, -0.2) is 18.2 Å². The molecule has 4 saturated carbocycles. The molecule has 0 saturated heterocycles. The van der Waals surface area contributed by atoms with Gasteiger partial charge in [0, 0.05) is 5.41 Å². The topological polar surface area (TPSA) is 26.3 Å². The van der Waals surface area contributed by atoms with Gasteiger partial charge in [-0.15, -0.1) is 0 Å². The Morgan fingerprint density at radius 3 is 2.15 bits per heavy atom. The van der Waals surface area contributed by atoms with E-state index in [4.69, 9.17) is 4.74 Å². The van der Waals surface area contributed by atoms with Crippen LogP contribution in [0.5, 0.6) is 0 Å². The normalized spacial score (nSPS) is 41.5. The van der Waals surface area contributed by atoms with Crippen LogP contribution in [-0.2, 0) is 9.53 Å². The van der Waals surface area contributed by atoms with Gasteiger partial charge in [0.1, 0.15) is 0 Å². The van der Waals surface area contributed by atoms with Gasteiger partial charge in [0.15, 0.2) is 0 Å². The predicted molar refractivity (Wildman–Crippen MR) is 76.0 cm³/mol. The Kier molecular flexibility index (Phi) is 3.58. The first-order chi connectivity index (χ1) is 9.42. The lowest BCUT2D eigenvalue weighted by Crippen LogP contribution is -2.49. The van der Waals surface area contributed by atoms with Crippen molar-refractivity contribution >= 4 is 5.97 Å². The van der Waals surface area contributed by atoms with Gasteiger partial charge < -0.3 is 4.74 Å². The number of hydrogen-bond acceptors (Lipinski definition) is 2. The SMILES string of the molecule is CCCC(C)(F)C(=O)OCC12CC3CC(CC(C3)C1)C2. The van der Waals surface area contributed by atoms with E-state index in [0.29, 0.717) is 13.0 Å². The van der Waals surface area contributed by atoms with Gasteiger partial charge >= 0.3 is 5.97 Å². The van der Waals surface area contributed by atoms with E-state index >= 15 is 0 Å². The third-order valence-electron chi connectivity index (χ3n) is 5.82. The van der Waals surface area contributed by atoms with E-state index in [1.54, 1.807) is 0 Å². The number of carbonyl (C=O) groups is 1. The summed E-state index contributed by atoms with van der Waals surface area (Å²) in [6.45, 7) is 3.71. The lowest BCUT2D eigenvalue weighted by Gasteiger charge is -2.56. The van der Waals surface area contributed by atoms with E-state index in [1.807, 2.05) is 6.92 Å². The summed E-state index contributed by atoms with van der Waals surface area (Å²) < 4.78 is 19.6. The molecule has 0 aliphatic heterocycles. The Hall–Kier alpha value is -0.600. The summed E-state index contributed by atoms with van der Waals surface area (Å²) in [5, 5.41) is 0. The molecule has 0 aromatic rings. The highest BCUT2D eigenvalue weighted by Gasteiger charge is 2.51. The maximum absolute atomic E-state index is 14.2. The van der Waals surface area contributed by atoms with Crippen LogP contribution in [0, 0.1) is 23.2 Å². The maximum Gasteiger partial charge on any atom is 0.343 e. The zero-order valence-electron chi connectivity index (χ0n) is 12.8. The van der Waals surface area contributed by atoms with Gasteiger partial charge in [0.05, 0.1) is 6.61 Å². The van der Waals surface area contributed by atoms with E-state index in [2.05, 4.69) is 0 Å². The van der Waals surface area contributed by atoms with Crippen LogP contribution in [0.25, 0.3) is 0 Å². The van der Waals surface area contributed by atoms with Gasteiger partial charge in [0.25, 0.3) is 0 Å². The molecule has 4 fully saturated rings. The van der Waals surface area contributed by atoms with Gasteiger partial charge in [-0.1, -0.05) is 13.3 Å². The number of esters is 1. The third kappa shape index (κ3) is 2.60. The van der Waals surface area contributed by atoms with Crippen molar-refractivity contribution < 1.29 is 13.9 Å². The number of alkyl halides is 1. The first-order valence-corrected chi connectivity index (χ1v) is 8.29. The molecule has 4 aliphatic carbocycles. The molecule has 0 heterocycles. The van der Waals surface area contributed by atoms with Gasteiger partial charge in [-0.05, 0) is 69.6 Å². The molecule has 0 radical (unpaired) electrons. The molecule has 0 N–H and O–H groups in total. The predicted octanol–water partition coefficient (Wildman–Crippen LogP) is 4.27. The fourth-order valence-corrected chi connectivity index (χ4v) is 5.41. The van der Waals surface area contributed by atoms with Crippen molar-refractivity contribution in [3.05, 3.63) is 0 Å². The molecular weight excluding hydrogens is 255 g/mol. The standard InChI is InChI=1S/C17H27FO2/c1-3-4-16(2,18)15(19)20-11-17-8-12-5-13(9-17)7-14(6-12)10-17/h12-14H,3-11H2,1-2H3. The highest BCUT2D eigenvalue weighted by atomic mass is 19.1. The van der Waals surface area contributed by atoms with Crippen LogP contribution in [0.3, 0.4) is 0 Å². The van der Waals surface area contributed by atoms with E-state index in [9.17, 15) is 9.18 Å². The Balaban J connectivity index is 1.60. The molecule has 0 spiro atoms. The van der Waals surface area contributed by atoms with E-state index in [0.717, 1.165) is 17.8 Å². The molecule has 0 aromatic carbocycles. The van der Waals surface area contributed by atoms with E-state index in [-0.39, 0.29) is 11.8 Å². The van der Waals surface area contributed by atoms with Crippen molar-refractivity contribution in [1.29, 1.82) is 0 Å². The maximum atomic E-state index is 14.2.